The molecule has 0 aliphatic heterocycles. The Morgan fingerprint density at radius 3 is 2.21 bits per heavy atom. The molecule has 2 aromatic carbocycles. The van der Waals surface area contributed by atoms with Gasteiger partial charge in [0.1, 0.15) is 11.5 Å². The van der Waals surface area contributed by atoms with Crippen LogP contribution in [0.1, 0.15) is 57.4 Å². The van der Waals surface area contributed by atoms with E-state index in [2.05, 4.69) is 6.92 Å². The van der Waals surface area contributed by atoms with E-state index in [0.717, 1.165) is 19.3 Å². The van der Waals surface area contributed by atoms with Crippen molar-refractivity contribution in [3.63, 3.8) is 0 Å². The Labute approximate surface area is 190 Å². The van der Waals surface area contributed by atoms with Crippen LogP contribution in [0.2, 0.25) is 0 Å². The minimum atomic E-state index is -4.29. The summed E-state index contributed by atoms with van der Waals surface area (Å²) in [4.78, 5) is -0.164. The molecule has 0 radical (unpaired) electrons. The summed E-state index contributed by atoms with van der Waals surface area (Å²) in [5.41, 5.74) is 0.668. The van der Waals surface area contributed by atoms with E-state index in [-0.39, 0.29) is 46.0 Å². The van der Waals surface area contributed by atoms with Gasteiger partial charge in [-0.1, -0.05) is 69.4 Å². The molecule has 2 rings (SSSR count). The zero-order chi connectivity index (χ0) is 19.7. The van der Waals surface area contributed by atoms with Gasteiger partial charge in [-0.05, 0) is 42.7 Å². The van der Waals surface area contributed by atoms with Gasteiger partial charge in [-0.25, -0.2) is 0 Å². The number of benzene rings is 2. The SMILES string of the molecule is CCCCCCCCCc1cc(S(=O)(=O)O)ccc1Oc1ccccc1[O-].[Na+]. The molecular formula is C21H27NaO5S. The number of para-hydroxylation sites is 2. The maximum atomic E-state index is 11.9. The second-order valence-electron chi connectivity index (χ2n) is 6.66. The van der Waals surface area contributed by atoms with E-state index in [0.29, 0.717) is 17.7 Å². The predicted octanol–water partition coefficient (Wildman–Crippen LogP) is 2.10. The van der Waals surface area contributed by atoms with E-state index < -0.39 is 10.1 Å². The number of ether oxygens (including phenoxy) is 1. The van der Waals surface area contributed by atoms with Crippen LogP contribution in [0, 0.1) is 0 Å². The molecule has 0 aliphatic rings. The number of unbranched alkanes of at least 4 members (excludes halogenated alkanes) is 6. The van der Waals surface area contributed by atoms with Crippen LogP contribution in [0.3, 0.4) is 0 Å². The topological polar surface area (TPSA) is 86.7 Å². The molecule has 0 aliphatic carbocycles. The van der Waals surface area contributed by atoms with Crippen LogP contribution < -0.4 is 39.4 Å². The van der Waals surface area contributed by atoms with Crippen molar-refractivity contribution in [2.45, 2.75) is 63.2 Å². The molecule has 1 N–H and O–H groups in total. The van der Waals surface area contributed by atoms with E-state index in [9.17, 15) is 18.1 Å². The Balaban J connectivity index is 0.00000392. The van der Waals surface area contributed by atoms with Crippen molar-refractivity contribution in [1.29, 1.82) is 0 Å². The molecule has 0 fully saturated rings. The van der Waals surface area contributed by atoms with Gasteiger partial charge < -0.3 is 9.84 Å². The van der Waals surface area contributed by atoms with Gasteiger partial charge in [-0.3, -0.25) is 4.55 Å². The molecule has 0 saturated heterocycles. The Morgan fingerprint density at radius 2 is 1.57 bits per heavy atom. The first kappa shape index (κ1) is 25.0. The summed E-state index contributed by atoms with van der Waals surface area (Å²) in [6, 6.07) is 10.5. The largest absolute Gasteiger partial charge is 1.00 e. The molecule has 0 bridgehead atoms. The van der Waals surface area contributed by atoms with Crippen LogP contribution in [0.25, 0.3) is 0 Å². The Kier molecular flexibility index (Phi) is 11.2. The summed E-state index contributed by atoms with van der Waals surface area (Å²) >= 11 is 0. The van der Waals surface area contributed by atoms with Crippen LogP contribution in [0.15, 0.2) is 47.4 Å². The van der Waals surface area contributed by atoms with Gasteiger partial charge in [-0.2, -0.15) is 8.42 Å². The second-order valence-corrected chi connectivity index (χ2v) is 8.09. The minimum absolute atomic E-state index is 0. The Hall–Kier alpha value is -1.05. The van der Waals surface area contributed by atoms with E-state index in [1.807, 2.05) is 0 Å². The van der Waals surface area contributed by atoms with Crippen molar-refractivity contribution < 1.29 is 52.4 Å². The molecular weight excluding hydrogens is 387 g/mol. The van der Waals surface area contributed by atoms with Crippen LogP contribution in [0.4, 0.5) is 0 Å². The molecule has 148 valence electrons. The van der Waals surface area contributed by atoms with Crippen molar-refractivity contribution in [3.8, 4) is 17.2 Å². The Morgan fingerprint density at radius 1 is 0.929 bits per heavy atom. The standard InChI is InChI=1S/C21H28O5S.Na/c1-2-3-4-5-6-7-8-11-17-16-18(27(23,24)25)14-15-20(17)26-21-13-10-9-12-19(21)22;/h9-10,12-16,22H,2-8,11H2,1H3,(H,23,24,25);/q;+1/p-1. The number of aryl methyl sites for hydroxylation is 1. The average molecular weight is 414 g/mol. The van der Waals surface area contributed by atoms with Crippen LogP contribution in [-0.2, 0) is 16.5 Å². The zero-order valence-corrected chi connectivity index (χ0v) is 19.5. The molecule has 0 spiro atoms. The number of rotatable bonds is 11. The average Bonchev–Trinajstić information content (AvgIpc) is 2.63. The molecule has 2 aromatic rings. The fourth-order valence-corrected chi connectivity index (χ4v) is 3.47. The van der Waals surface area contributed by atoms with Gasteiger partial charge >= 0.3 is 29.6 Å². The quantitative estimate of drug-likeness (QED) is 0.346. The van der Waals surface area contributed by atoms with Crippen molar-refractivity contribution in [2.75, 3.05) is 0 Å². The number of hydrogen-bond donors (Lipinski definition) is 1. The van der Waals surface area contributed by atoms with Gasteiger partial charge in [0.2, 0.25) is 0 Å². The summed E-state index contributed by atoms with van der Waals surface area (Å²) in [5, 5.41) is 11.9. The Bertz CT molecular complexity index is 836. The number of hydrogen-bond acceptors (Lipinski definition) is 4. The first-order valence-electron chi connectivity index (χ1n) is 9.46. The van der Waals surface area contributed by atoms with Crippen molar-refractivity contribution in [1.82, 2.24) is 0 Å². The summed E-state index contributed by atoms with van der Waals surface area (Å²) in [6.45, 7) is 2.18. The molecule has 0 amide bonds. The van der Waals surface area contributed by atoms with Gasteiger partial charge in [0, 0.05) is 0 Å². The molecule has 0 atom stereocenters. The van der Waals surface area contributed by atoms with E-state index in [1.165, 1.54) is 49.9 Å². The molecule has 0 saturated carbocycles. The minimum Gasteiger partial charge on any atom is -0.870 e. The summed E-state index contributed by atoms with van der Waals surface area (Å²) in [6.07, 6.45) is 8.58. The summed E-state index contributed by atoms with van der Waals surface area (Å²) < 4.78 is 37.9. The molecule has 5 nitrogen and oxygen atoms in total. The van der Waals surface area contributed by atoms with Gasteiger partial charge in [-0.15, -0.1) is 0 Å². The van der Waals surface area contributed by atoms with Crippen LogP contribution >= 0.6 is 0 Å². The first-order chi connectivity index (χ1) is 12.9. The van der Waals surface area contributed by atoms with Crippen molar-refractivity contribution in [3.05, 3.63) is 48.0 Å². The van der Waals surface area contributed by atoms with Gasteiger partial charge in [0.05, 0.1) is 4.90 Å². The molecule has 0 heterocycles. The predicted molar refractivity (Wildman–Crippen MR) is 104 cm³/mol. The second kappa shape index (κ2) is 12.5. The van der Waals surface area contributed by atoms with Crippen LogP contribution in [-0.4, -0.2) is 13.0 Å². The third-order valence-electron chi connectivity index (χ3n) is 4.45. The maximum absolute atomic E-state index is 11.9. The van der Waals surface area contributed by atoms with Crippen molar-refractivity contribution >= 4 is 10.1 Å². The summed E-state index contributed by atoms with van der Waals surface area (Å²) in [5.74, 6) is 0.396. The smallest absolute Gasteiger partial charge is 0.870 e. The zero-order valence-electron chi connectivity index (χ0n) is 16.7. The van der Waals surface area contributed by atoms with Gasteiger partial charge in [0.15, 0.2) is 0 Å². The monoisotopic (exact) mass is 414 g/mol. The molecule has 0 unspecified atom stereocenters. The fourth-order valence-electron chi connectivity index (χ4n) is 2.94. The van der Waals surface area contributed by atoms with Gasteiger partial charge in [0.25, 0.3) is 10.1 Å². The van der Waals surface area contributed by atoms with Crippen LogP contribution in [0.5, 0.6) is 17.2 Å². The van der Waals surface area contributed by atoms with E-state index in [1.54, 1.807) is 18.2 Å². The van der Waals surface area contributed by atoms with E-state index in [4.69, 9.17) is 4.74 Å². The fraction of sp³-hybridized carbons (Fsp3) is 0.429. The third kappa shape index (κ3) is 8.13. The first-order valence-corrected chi connectivity index (χ1v) is 10.9. The van der Waals surface area contributed by atoms with E-state index >= 15 is 0 Å². The summed E-state index contributed by atoms with van der Waals surface area (Å²) in [7, 11) is -4.29. The third-order valence-corrected chi connectivity index (χ3v) is 5.30. The molecule has 28 heavy (non-hydrogen) atoms. The molecule has 7 heteroatoms. The van der Waals surface area contributed by atoms with Crippen molar-refractivity contribution in [2.24, 2.45) is 0 Å². The molecule has 0 aromatic heterocycles. The maximum Gasteiger partial charge on any atom is 1.00 e. The normalized spacial score (nSPS) is 11.1.